The van der Waals surface area contributed by atoms with Crippen molar-refractivity contribution in [1.82, 2.24) is 5.01 Å². The maximum atomic E-state index is 11.7. The Kier molecular flexibility index (Phi) is 6.66. The Balaban J connectivity index is 2.35. The van der Waals surface area contributed by atoms with Crippen LogP contribution in [-0.4, -0.2) is 52.8 Å². The number of hydrazine groups is 1. The van der Waals surface area contributed by atoms with Crippen molar-refractivity contribution < 1.29 is 29.2 Å². The molecule has 128 valence electrons. The van der Waals surface area contributed by atoms with Crippen molar-refractivity contribution in [3.8, 4) is 0 Å². The van der Waals surface area contributed by atoms with Gasteiger partial charge in [-0.2, -0.15) is 0 Å². The Morgan fingerprint density at radius 3 is 2.55 bits per heavy atom. The number of nitrogens with zero attached hydrogens (tertiary/aromatic N) is 3. The van der Waals surface area contributed by atoms with Gasteiger partial charge in [-0.25, -0.2) is 4.79 Å². The van der Waals surface area contributed by atoms with Crippen molar-refractivity contribution >= 4 is 6.16 Å². The summed E-state index contributed by atoms with van der Waals surface area (Å²) in [6, 6.07) is 0. The normalized spacial score (nSPS) is 18.8. The van der Waals surface area contributed by atoms with Crippen molar-refractivity contribution in [3.05, 3.63) is 5.21 Å². The summed E-state index contributed by atoms with van der Waals surface area (Å²) in [5.41, 5.74) is -0.671. The van der Waals surface area contributed by atoms with Crippen LogP contribution in [0.2, 0.25) is 0 Å². The van der Waals surface area contributed by atoms with E-state index in [9.17, 15) is 10.0 Å². The lowest BCUT2D eigenvalue weighted by Crippen LogP contribution is -2.39. The predicted molar refractivity (Wildman–Crippen MR) is 75.3 cm³/mol. The summed E-state index contributed by atoms with van der Waals surface area (Å²) in [6.07, 6.45) is -0.499. The second-order valence-corrected chi connectivity index (χ2v) is 6.17. The molecule has 1 aliphatic rings. The van der Waals surface area contributed by atoms with Crippen molar-refractivity contribution in [2.24, 2.45) is 11.2 Å². The van der Waals surface area contributed by atoms with Crippen LogP contribution in [0.5, 0.6) is 0 Å². The number of aliphatic hydroxyl groups is 1. The van der Waals surface area contributed by atoms with Crippen LogP contribution in [0.1, 0.15) is 40.5 Å². The van der Waals surface area contributed by atoms with E-state index in [0.29, 0.717) is 30.9 Å². The van der Waals surface area contributed by atoms with Crippen LogP contribution in [0.4, 0.5) is 4.79 Å². The molecule has 9 heteroatoms. The molecule has 1 saturated heterocycles. The number of hydrogen-bond acceptors (Lipinski definition) is 7. The number of rotatable bonds is 5. The van der Waals surface area contributed by atoms with Gasteiger partial charge in [0.1, 0.15) is 5.60 Å². The summed E-state index contributed by atoms with van der Waals surface area (Å²) >= 11 is 0. The van der Waals surface area contributed by atoms with Crippen LogP contribution >= 0.6 is 0 Å². The topological polar surface area (TPSA) is 107 Å². The molecule has 1 aliphatic heterocycles. The molecule has 0 aromatic rings. The third-order valence-corrected chi connectivity index (χ3v) is 3.01. The molecule has 0 radical (unpaired) electrons. The predicted octanol–water partition coefficient (Wildman–Crippen LogP) is 1.80. The van der Waals surface area contributed by atoms with E-state index in [1.165, 1.54) is 11.9 Å². The fourth-order valence-corrected chi connectivity index (χ4v) is 1.86. The van der Waals surface area contributed by atoms with Gasteiger partial charge in [-0.3, -0.25) is 4.84 Å². The monoisotopic (exact) mass is 319 g/mol. The maximum absolute atomic E-state index is 11.7. The highest BCUT2D eigenvalue weighted by molar-refractivity contribution is 5.60. The highest BCUT2D eigenvalue weighted by atomic mass is 16.8. The van der Waals surface area contributed by atoms with Crippen molar-refractivity contribution in [2.75, 3.05) is 19.7 Å². The molecule has 1 N–H and O–H groups in total. The lowest BCUT2D eigenvalue weighted by molar-refractivity contribution is -0.715. The Morgan fingerprint density at radius 2 is 2.05 bits per heavy atom. The first kappa shape index (κ1) is 18.3. The van der Waals surface area contributed by atoms with Crippen LogP contribution in [0.15, 0.2) is 5.28 Å². The highest BCUT2D eigenvalue weighted by Crippen LogP contribution is 2.16. The Labute approximate surface area is 129 Å². The standard InChI is InChI=1S/C13H25N3O6/c1-10(20-12(18)21-13(2,3)4)22-14-16(19)15-7-5-11(9-17)6-8-15/h10-11,17H,5-9H2,1-4H3/b16-14+. The summed E-state index contributed by atoms with van der Waals surface area (Å²) in [5.74, 6) is 0.222. The smallest absolute Gasteiger partial charge is 0.511 e. The molecule has 1 fully saturated rings. The van der Waals surface area contributed by atoms with E-state index in [0.717, 1.165) is 0 Å². The number of piperidine rings is 1. The zero-order valence-corrected chi connectivity index (χ0v) is 13.5. The third-order valence-electron chi connectivity index (χ3n) is 3.01. The van der Waals surface area contributed by atoms with Gasteiger partial charge in [0, 0.05) is 13.5 Å². The minimum Gasteiger partial charge on any atom is -0.569 e. The molecule has 0 saturated carbocycles. The van der Waals surface area contributed by atoms with Gasteiger partial charge in [0.2, 0.25) is 5.28 Å². The second-order valence-electron chi connectivity index (χ2n) is 6.17. The fourth-order valence-electron chi connectivity index (χ4n) is 1.86. The number of aliphatic hydroxyl groups excluding tert-OH is 1. The van der Waals surface area contributed by atoms with Gasteiger partial charge in [0.15, 0.2) is 0 Å². The quantitative estimate of drug-likeness (QED) is 0.271. The van der Waals surface area contributed by atoms with Gasteiger partial charge < -0.3 is 19.8 Å². The van der Waals surface area contributed by atoms with E-state index in [4.69, 9.17) is 19.4 Å². The zero-order valence-electron chi connectivity index (χ0n) is 13.5. The molecule has 0 bridgehead atoms. The number of ether oxygens (including phenoxy) is 2. The summed E-state index contributed by atoms with van der Waals surface area (Å²) < 4.78 is 9.75. The molecule has 1 unspecified atom stereocenters. The second kappa shape index (κ2) is 8.02. The molecule has 1 heterocycles. The highest BCUT2D eigenvalue weighted by Gasteiger charge is 2.24. The molecule has 0 amide bonds. The lowest BCUT2D eigenvalue weighted by Gasteiger charge is -2.27. The van der Waals surface area contributed by atoms with Gasteiger partial charge in [0.25, 0.3) is 6.29 Å². The van der Waals surface area contributed by atoms with Crippen LogP contribution in [0, 0.1) is 11.1 Å². The number of hydrogen-bond donors (Lipinski definition) is 1. The molecule has 1 rings (SSSR count). The van der Waals surface area contributed by atoms with Crippen LogP contribution in [-0.2, 0) is 14.3 Å². The first-order chi connectivity index (χ1) is 10.2. The molecular formula is C13H25N3O6. The van der Waals surface area contributed by atoms with Gasteiger partial charge in [0.05, 0.1) is 18.1 Å². The fraction of sp³-hybridized carbons (Fsp3) is 0.923. The average molecular weight is 319 g/mol. The van der Waals surface area contributed by atoms with Crippen LogP contribution in [0.3, 0.4) is 0 Å². The van der Waals surface area contributed by atoms with E-state index in [-0.39, 0.29) is 12.5 Å². The molecule has 0 spiro atoms. The number of carbonyl (C=O) groups is 1. The van der Waals surface area contributed by atoms with Crippen molar-refractivity contribution in [2.45, 2.75) is 52.4 Å². The van der Waals surface area contributed by atoms with Gasteiger partial charge >= 0.3 is 6.16 Å². The maximum Gasteiger partial charge on any atom is 0.511 e. The Morgan fingerprint density at radius 1 is 1.45 bits per heavy atom. The molecule has 9 nitrogen and oxygen atoms in total. The Hall–Kier alpha value is -1.77. The average Bonchev–Trinajstić information content (AvgIpc) is 2.42. The van der Waals surface area contributed by atoms with E-state index in [2.05, 4.69) is 5.28 Å². The third kappa shape index (κ3) is 6.79. The molecule has 22 heavy (non-hydrogen) atoms. The number of carbonyl (C=O) groups excluding carboxylic acids is 1. The summed E-state index contributed by atoms with van der Waals surface area (Å²) in [4.78, 5) is 16.5. The van der Waals surface area contributed by atoms with E-state index >= 15 is 0 Å². The Bertz CT molecular complexity index is 388. The molecular weight excluding hydrogens is 294 g/mol. The van der Waals surface area contributed by atoms with Gasteiger partial charge in [-0.1, -0.05) is 0 Å². The molecule has 0 aliphatic carbocycles. The van der Waals surface area contributed by atoms with E-state index < -0.39 is 18.0 Å². The van der Waals surface area contributed by atoms with Gasteiger partial charge in [-0.05, 0) is 39.5 Å². The first-order valence-electron chi connectivity index (χ1n) is 7.30. The minimum absolute atomic E-state index is 0.126. The summed E-state index contributed by atoms with van der Waals surface area (Å²) in [6.45, 7) is 7.66. The van der Waals surface area contributed by atoms with Crippen molar-refractivity contribution in [3.63, 3.8) is 0 Å². The lowest BCUT2D eigenvalue weighted by atomic mass is 9.99. The first-order valence-corrected chi connectivity index (χ1v) is 7.30. The summed E-state index contributed by atoms with van der Waals surface area (Å²) in [7, 11) is 0. The molecule has 0 aromatic heterocycles. The summed E-state index contributed by atoms with van der Waals surface area (Å²) in [5, 5.41) is 25.6. The minimum atomic E-state index is -1.04. The van der Waals surface area contributed by atoms with E-state index in [1.54, 1.807) is 20.8 Å². The molecule has 1 atom stereocenters. The van der Waals surface area contributed by atoms with Crippen LogP contribution in [0.25, 0.3) is 0 Å². The van der Waals surface area contributed by atoms with E-state index in [1.807, 2.05) is 0 Å². The largest absolute Gasteiger partial charge is 0.569 e. The van der Waals surface area contributed by atoms with Crippen LogP contribution < -0.4 is 0 Å². The zero-order chi connectivity index (χ0) is 16.8. The van der Waals surface area contributed by atoms with Crippen molar-refractivity contribution in [1.29, 1.82) is 0 Å². The SMILES string of the molecule is CC(O/N=[N+](/[O-])N1CCC(CO)CC1)OC(=O)OC(C)(C)C. The van der Waals surface area contributed by atoms with Gasteiger partial charge in [-0.15, -0.1) is 5.01 Å². The molecule has 0 aromatic carbocycles.